The Morgan fingerprint density at radius 3 is 0.747 bits per heavy atom. The van der Waals surface area contributed by atoms with Gasteiger partial charge < -0.3 is 14.2 Å². The predicted molar refractivity (Wildman–Crippen MR) is 362 cm³/mol. The van der Waals surface area contributed by atoms with E-state index >= 15 is 0 Å². The van der Waals surface area contributed by atoms with Crippen molar-refractivity contribution in [3.63, 3.8) is 0 Å². The molecule has 1 unspecified atom stereocenters. The van der Waals surface area contributed by atoms with Crippen LogP contribution in [0.25, 0.3) is 0 Å². The normalized spacial score (nSPS) is 12.6. The second-order valence-corrected chi connectivity index (χ2v) is 24.1. The molecule has 0 aromatic rings. The molecule has 0 spiro atoms. The number of unbranched alkanes of at least 4 members (excludes halogenated alkanes) is 41. The summed E-state index contributed by atoms with van der Waals surface area (Å²) in [4.78, 5) is 38.4. The summed E-state index contributed by atoms with van der Waals surface area (Å²) in [6.45, 7) is 6.54. The topological polar surface area (TPSA) is 78.9 Å². The summed E-state index contributed by atoms with van der Waals surface area (Å²) in [6, 6.07) is 0. The van der Waals surface area contributed by atoms with Crippen LogP contribution in [0.2, 0.25) is 0 Å². The van der Waals surface area contributed by atoms with Crippen LogP contribution in [0.3, 0.4) is 0 Å². The van der Waals surface area contributed by atoms with Crippen molar-refractivity contribution < 1.29 is 28.6 Å². The van der Waals surface area contributed by atoms with E-state index in [2.05, 4.69) is 106 Å². The predicted octanol–water partition coefficient (Wildman–Crippen LogP) is 25.0. The fraction of sp³-hybridized carbons (Fsp3) is 0.779. The minimum absolute atomic E-state index is 0.0807. The molecule has 0 aliphatic carbocycles. The average molecular weight is 1160 g/mol. The lowest BCUT2D eigenvalue weighted by Gasteiger charge is -2.18. The molecule has 1 atom stereocenters. The van der Waals surface area contributed by atoms with E-state index in [1.807, 2.05) is 0 Å². The molecule has 0 fully saturated rings. The van der Waals surface area contributed by atoms with Crippen molar-refractivity contribution in [1.29, 1.82) is 0 Å². The molecule has 480 valence electrons. The van der Waals surface area contributed by atoms with Crippen LogP contribution in [0.5, 0.6) is 0 Å². The molecule has 0 bridgehead atoms. The zero-order valence-electron chi connectivity index (χ0n) is 55.2. The van der Waals surface area contributed by atoms with E-state index in [1.54, 1.807) is 0 Å². The van der Waals surface area contributed by atoms with Crippen molar-refractivity contribution in [3.8, 4) is 0 Å². The maximum absolute atomic E-state index is 12.9. The fourth-order valence-corrected chi connectivity index (χ4v) is 10.5. The van der Waals surface area contributed by atoms with Gasteiger partial charge in [-0.3, -0.25) is 14.4 Å². The van der Waals surface area contributed by atoms with Crippen molar-refractivity contribution >= 4 is 17.9 Å². The van der Waals surface area contributed by atoms with E-state index < -0.39 is 6.10 Å². The van der Waals surface area contributed by atoms with Crippen molar-refractivity contribution in [2.45, 2.75) is 374 Å². The van der Waals surface area contributed by atoms with E-state index in [0.29, 0.717) is 19.3 Å². The van der Waals surface area contributed by atoms with Crippen LogP contribution in [-0.2, 0) is 28.6 Å². The van der Waals surface area contributed by atoms with E-state index in [-0.39, 0.29) is 31.1 Å². The van der Waals surface area contributed by atoms with Crippen LogP contribution in [0.1, 0.15) is 367 Å². The molecule has 6 heteroatoms. The number of carbonyl (C=O) groups is 3. The summed E-state index contributed by atoms with van der Waals surface area (Å²) < 4.78 is 17.0. The molecule has 0 aliphatic heterocycles. The highest BCUT2D eigenvalue weighted by Crippen LogP contribution is 2.18. The molecule has 0 amide bonds. The van der Waals surface area contributed by atoms with Gasteiger partial charge in [-0.15, -0.1) is 0 Å². The minimum atomic E-state index is -0.786. The lowest BCUT2D eigenvalue weighted by atomic mass is 10.0. The molecule has 0 N–H and O–H groups in total. The van der Waals surface area contributed by atoms with Gasteiger partial charge in [-0.2, -0.15) is 0 Å². The molecule has 6 nitrogen and oxygen atoms in total. The molecular formula is C77H136O6. The number of carbonyl (C=O) groups excluding carboxylic acids is 3. The van der Waals surface area contributed by atoms with Gasteiger partial charge in [-0.1, -0.05) is 318 Å². The third-order valence-electron chi connectivity index (χ3n) is 15.9. The molecule has 0 saturated heterocycles. The van der Waals surface area contributed by atoms with E-state index in [9.17, 15) is 14.4 Å². The molecule has 0 radical (unpaired) electrons. The minimum Gasteiger partial charge on any atom is -0.462 e. The van der Waals surface area contributed by atoms with Crippen LogP contribution in [-0.4, -0.2) is 37.2 Å². The lowest BCUT2D eigenvalue weighted by molar-refractivity contribution is -0.167. The van der Waals surface area contributed by atoms with Gasteiger partial charge in [0.1, 0.15) is 13.2 Å². The van der Waals surface area contributed by atoms with E-state index in [0.717, 1.165) is 109 Å². The first kappa shape index (κ1) is 79.6. The molecule has 0 aliphatic rings. The third-order valence-corrected chi connectivity index (χ3v) is 15.9. The van der Waals surface area contributed by atoms with Crippen LogP contribution < -0.4 is 0 Å². The van der Waals surface area contributed by atoms with Crippen LogP contribution in [0.15, 0.2) is 85.1 Å². The Hall–Kier alpha value is -3.41. The standard InChI is InChI=1S/C77H136O6/c1-4-7-10-13-16-19-22-25-28-30-31-32-33-34-35-36-37-38-39-40-41-42-43-44-45-47-49-52-55-58-61-64-67-70-76(79)82-73-74(72-81-75(78)69-66-63-60-57-54-51-48-27-24-21-18-15-12-9-6-3)83-77(80)71-68-65-62-59-56-53-50-46-29-26-23-20-17-14-11-8-5-2/h9,12,18,21-22,25-27,29-31,33-34,48,74H,4-8,10-11,13-17,19-20,23-24,28,32,35-47,49-73H2,1-3H3/b12-9-,21-18-,25-22-,29-26-,31-30-,34-33-,48-27-. The lowest BCUT2D eigenvalue weighted by Crippen LogP contribution is -2.30. The molecular weight excluding hydrogens is 1020 g/mol. The van der Waals surface area contributed by atoms with Gasteiger partial charge in [0.15, 0.2) is 6.10 Å². The molecule has 0 rings (SSSR count). The Balaban J connectivity index is 4.19. The summed E-state index contributed by atoms with van der Waals surface area (Å²) in [6.07, 6.45) is 94.8. The monoisotopic (exact) mass is 1160 g/mol. The van der Waals surface area contributed by atoms with Crippen LogP contribution in [0, 0.1) is 0 Å². The highest BCUT2D eigenvalue weighted by molar-refractivity contribution is 5.71. The van der Waals surface area contributed by atoms with Crippen molar-refractivity contribution in [2.24, 2.45) is 0 Å². The quantitative estimate of drug-likeness (QED) is 0.0261. The van der Waals surface area contributed by atoms with Crippen LogP contribution >= 0.6 is 0 Å². The Bertz CT molecular complexity index is 1570. The second-order valence-electron chi connectivity index (χ2n) is 24.1. The maximum atomic E-state index is 12.9. The number of allylic oxidation sites excluding steroid dienone is 14. The van der Waals surface area contributed by atoms with Gasteiger partial charge in [0.25, 0.3) is 0 Å². The summed E-state index contributed by atoms with van der Waals surface area (Å²) >= 11 is 0. The van der Waals surface area contributed by atoms with Crippen LogP contribution in [0.4, 0.5) is 0 Å². The first-order chi connectivity index (χ1) is 41.0. The largest absolute Gasteiger partial charge is 0.462 e. The Morgan fingerprint density at radius 2 is 0.470 bits per heavy atom. The second kappa shape index (κ2) is 71.1. The fourth-order valence-electron chi connectivity index (χ4n) is 10.5. The highest BCUT2D eigenvalue weighted by atomic mass is 16.6. The first-order valence-electron chi connectivity index (χ1n) is 36.1. The third kappa shape index (κ3) is 69.3. The Kier molecular flexibility index (Phi) is 68.2. The number of hydrogen-bond acceptors (Lipinski definition) is 6. The number of rotatable bonds is 66. The van der Waals surface area contributed by atoms with Gasteiger partial charge in [0, 0.05) is 19.3 Å². The van der Waals surface area contributed by atoms with E-state index in [1.165, 1.54) is 218 Å². The Labute approximate surface area is 515 Å². The SMILES string of the molecule is CC/C=C\C/C=C\C/C=C\CCCCCCCC(=O)OCC(COC(=O)CCCCCCCCCCCCCCCCCCCC/C=C\C/C=C\C/C=C\CCCCCCC)OC(=O)CCCCCCCCC/C=C\CCCCCCCC. The highest BCUT2D eigenvalue weighted by Gasteiger charge is 2.19. The smallest absolute Gasteiger partial charge is 0.306 e. The summed E-state index contributed by atoms with van der Waals surface area (Å²) in [5, 5.41) is 0. The number of ether oxygens (including phenoxy) is 3. The molecule has 83 heavy (non-hydrogen) atoms. The van der Waals surface area contributed by atoms with Crippen molar-refractivity contribution in [2.75, 3.05) is 13.2 Å². The number of hydrogen-bond donors (Lipinski definition) is 0. The van der Waals surface area contributed by atoms with E-state index in [4.69, 9.17) is 14.2 Å². The Morgan fingerprint density at radius 1 is 0.253 bits per heavy atom. The summed E-state index contributed by atoms with van der Waals surface area (Å²) in [5.41, 5.74) is 0. The average Bonchev–Trinajstić information content (AvgIpc) is 3.49. The molecule has 0 saturated carbocycles. The maximum Gasteiger partial charge on any atom is 0.306 e. The molecule has 0 aromatic heterocycles. The number of esters is 3. The zero-order valence-corrected chi connectivity index (χ0v) is 55.2. The first-order valence-corrected chi connectivity index (χ1v) is 36.1. The molecule has 0 aromatic carbocycles. The summed E-state index contributed by atoms with van der Waals surface area (Å²) in [5.74, 6) is -0.884. The van der Waals surface area contributed by atoms with Gasteiger partial charge in [0.2, 0.25) is 0 Å². The van der Waals surface area contributed by atoms with Gasteiger partial charge in [0.05, 0.1) is 0 Å². The van der Waals surface area contributed by atoms with Crippen molar-refractivity contribution in [1.82, 2.24) is 0 Å². The molecule has 0 heterocycles. The van der Waals surface area contributed by atoms with Crippen molar-refractivity contribution in [3.05, 3.63) is 85.1 Å². The zero-order chi connectivity index (χ0) is 59.9. The van der Waals surface area contributed by atoms with Gasteiger partial charge in [-0.05, 0) is 116 Å². The summed E-state index contributed by atoms with van der Waals surface area (Å²) in [7, 11) is 0. The van der Waals surface area contributed by atoms with Gasteiger partial charge in [-0.25, -0.2) is 0 Å². The van der Waals surface area contributed by atoms with Gasteiger partial charge >= 0.3 is 17.9 Å².